The van der Waals surface area contributed by atoms with E-state index in [1.807, 2.05) is 0 Å². The Morgan fingerprint density at radius 1 is 0.923 bits per heavy atom. The monoisotopic (exact) mass is 392 g/mol. The second-order valence-corrected chi connectivity index (χ2v) is 6.59. The molecule has 0 saturated heterocycles. The van der Waals surface area contributed by atoms with Crippen LogP contribution in [0.4, 0.5) is 20.2 Å². The van der Waals surface area contributed by atoms with Crippen molar-refractivity contribution in [3.8, 4) is 0 Å². The molecule has 0 atom stereocenters. The van der Waals surface area contributed by atoms with Gasteiger partial charge in [0.05, 0.1) is 16.1 Å². The van der Waals surface area contributed by atoms with Crippen LogP contribution in [0, 0.1) is 11.6 Å². The number of amides is 2. The van der Waals surface area contributed by atoms with Gasteiger partial charge in [0.1, 0.15) is 0 Å². The van der Waals surface area contributed by atoms with Crippen LogP contribution in [-0.2, 0) is 0 Å². The summed E-state index contributed by atoms with van der Waals surface area (Å²) in [4.78, 5) is 25.2. The third-order valence-electron chi connectivity index (χ3n) is 3.40. The molecule has 4 nitrogen and oxygen atoms in total. The quantitative estimate of drug-likeness (QED) is 0.642. The van der Waals surface area contributed by atoms with Gasteiger partial charge in [0.25, 0.3) is 11.8 Å². The zero-order valence-corrected chi connectivity index (χ0v) is 14.6. The fourth-order valence-electron chi connectivity index (χ4n) is 2.18. The van der Waals surface area contributed by atoms with Crippen LogP contribution in [0.15, 0.2) is 53.9 Å². The number of hydrogen-bond donors (Lipinski definition) is 2. The molecule has 0 spiro atoms. The maximum absolute atomic E-state index is 13.3. The number of carbonyl (C=O) groups excluding carboxylic acids is 2. The van der Waals surface area contributed by atoms with Crippen molar-refractivity contribution in [3.05, 3.63) is 81.0 Å². The van der Waals surface area contributed by atoms with Crippen LogP contribution in [0.5, 0.6) is 0 Å². The lowest BCUT2D eigenvalue weighted by atomic mass is 10.1. The molecule has 26 heavy (non-hydrogen) atoms. The van der Waals surface area contributed by atoms with E-state index >= 15 is 0 Å². The van der Waals surface area contributed by atoms with Gasteiger partial charge in [-0.2, -0.15) is 0 Å². The molecule has 2 N–H and O–H groups in total. The molecule has 0 aliphatic rings. The minimum absolute atomic E-state index is 0.0828. The Labute approximate surface area is 156 Å². The van der Waals surface area contributed by atoms with Crippen molar-refractivity contribution in [3.63, 3.8) is 0 Å². The summed E-state index contributed by atoms with van der Waals surface area (Å²) < 4.78 is 26.3. The summed E-state index contributed by atoms with van der Waals surface area (Å²) in [6.07, 6.45) is 0. The van der Waals surface area contributed by atoms with Gasteiger partial charge in [0.2, 0.25) is 0 Å². The van der Waals surface area contributed by atoms with Gasteiger partial charge in [-0.3, -0.25) is 9.59 Å². The van der Waals surface area contributed by atoms with E-state index in [1.54, 1.807) is 17.5 Å². The van der Waals surface area contributed by atoms with Gasteiger partial charge in [-0.05, 0) is 41.8 Å². The number of halogens is 3. The zero-order chi connectivity index (χ0) is 18.7. The Morgan fingerprint density at radius 3 is 2.42 bits per heavy atom. The zero-order valence-electron chi connectivity index (χ0n) is 13.1. The van der Waals surface area contributed by atoms with E-state index in [-0.39, 0.29) is 22.8 Å². The molecule has 0 fully saturated rings. The highest BCUT2D eigenvalue weighted by Gasteiger charge is 2.16. The summed E-state index contributed by atoms with van der Waals surface area (Å²) in [6.45, 7) is 0. The molecular weight excluding hydrogens is 382 g/mol. The molecule has 0 radical (unpaired) electrons. The van der Waals surface area contributed by atoms with Crippen LogP contribution in [-0.4, -0.2) is 11.8 Å². The third kappa shape index (κ3) is 4.07. The van der Waals surface area contributed by atoms with Crippen LogP contribution >= 0.6 is 22.9 Å². The SMILES string of the molecule is O=C(Nc1cc(Cl)ccc1C(=O)Nc1ccc(F)c(F)c1)c1cccs1. The van der Waals surface area contributed by atoms with E-state index in [4.69, 9.17) is 11.6 Å². The third-order valence-corrected chi connectivity index (χ3v) is 4.50. The number of benzene rings is 2. The minimum atomic E-state index is -1.08. The Hall–Kier alpha value is -2.77. The second-order valence-electron chi connectivity index (χ2n) is 5.20. The summed E-state index contributed by atoms with van der Waals surface area (Å²) in [6, 6.07) is 10.7. The van der Waals surface area contributed by atoms with Gasteiger partial charge < -0.3 is 10.6 Å². The molecule has 0 saturated carbocycles. The van der Waals surface area contributed by atoms with Crippen molar-refractivity contribution in [2.24, 2.45) is 0 Å². The molecule has 8 heteroatoms. The predicted molar refractivity (Wildman–Crippen MR) is 98.0 cm³/mol. The first-order valence-corrected chi connectivity index (χ1v) is 8.60. The van der Waals surface area contributed by atoms with E-state index < -0.39 is 17.5 Å². The molecule has 1 heterocycles. The molecule has 132 valence electrons. The molecular formula is C18H11ClF2N2O2S. The normalized spacial score (nSPS) is 10.4. The Balaban J connectivity index is 1.85. The van der Waals surface area contributed by atoms with E-state index in [0.29, 0.717) is 9.90 Å². The maximum atomic E-state index is 13.3. The van der Waals surface area contributed by atoms with Crippen molar-refractivity contribution < 1.29 is 18.4 Å². The van der Waals surface area contributed by atoms with Crippen molar-refractivity contribution in [2.75, 3.05) is 10.6 Å². The van der Waals surface area contributed by atoms with Gasteiger partial charge in [-0.15, -0.1) is 11.3 Å². The number of anilines is 2. The summed E-state index contributed by atoms with van der Waals surface area (Å²) in [5.41, 5.74) is 0.416. The molecule has 0 aliphatic heterocycles. The predicted octanol–water partition coefficient (Wildman–Crippen LogP) is 5.18. The lowest BCUT2D eigenvalue weighted by Crippen LogP contribution is -2.18. The van der Waals surface area contributed by atoms with Crippen LogP contribution < -0.4 is 10.6 Å². The first-order valence-electron chi connectivity index (χ1n) is 7.35. The highest BCUT2D eigenvalue weighted by Crippen LogP contribution is 2.24. The fraction of sp³-hybridized carbons (Fsp3) is 0. The van der Waals surface area contributed by atoms with E-state index in [0.717, 1.165) is 12.1 Å². The first-order chi connectivity index (χ1) is 12.4. The van der Waals surface area contributed by atoms with E-state index in [2.05, 4.69) is 10.6 Å². The Morgan fingerprint density at radius 2 is 1.73 bits per heavy atom. The largest absolute Gasteiger partial charge is 0.322 e. The van der Waals surface area contributed by atoms with E-state index in [9.17, 15) is 18.4 Å². The van der Waals surface area contributed by atoms with Crippen LogP contribution in [0.25, 0.3) is 0 Å². The van der Waals surface area contributed by atoms with Gasteiger partial charge in [0, 0.05) is 16.8 Å². The Kier molecular flexibility index (Phi) is 5.29. The molecule has 3 aromatic rings. The van der Waals surface area contributed by atoms with Gasteiger partial charge in [-0.1, -0.05) is 17.7 Å². The Bertz CT molecular complexity index is 977. The molecule has 0 aliphatic carbocycles. The standard InChI is InChI=1S/C18H11ClF2N2O2S/c19-10-3-5-12(15(8-10)23-18(25)16-2-1-7-26-16)17(24)22-11-4-6-13(20)14(21)9-11/h1-9H,(H,22,24)(H,23,25). The van der Waals surface area contributed by atoms with Crippen LogP contribution in [0.2, 0.25) is 5.02 Å². The highest BCUT2D eigenvalue weighted by atomic mass is 35.5. The number of hydrogen-bond acceptors (Lipinski definition) is 3. The second kappa shape index (κ2) is 7.63. The summed E-state index contributed by atoms with van der Waals surface area (Å²) in [7, 11) is 0. The van der Waals surface area contributed by atoms with Gasteiger partial charge in [0.15, 0.2) is 11.6 Å². The first kappa shape index (κ1) is 18.0. The molecule has 0 bridgehead atoms. The average molecular weight is 393 g/mol. The maximum Gasteiger partial charge on any atom is 0.265 e. The minimum Gasteiger partial charge on any atom is -0.322 e. The smallest absolute Gasteiger partial charge is 0.265 e. The number of rotatable bonds is 4. The highest BCUT2D eigenvalue weighted by molar-refractivity contribution is 7.12. The van der Waals surface area contributed by atoms with Crippen molar-refractivity contribution in [1.82, 2.24) is 0 Å². The van der Waals surface area contributed by atoms with E-state index in [1.165, 1.54) is 35.6 Å². The summed E-state index contributed by atoms with van der Waals surface area (Å²) in [5, 5.41) is 7.17. The summed E-state index contributed by atoms with van der Waals surface area (Å²) in [5.74, 6) is -3.08. The van der Waals surface area contributed by atoms with Crippen LogP contribution in [0.1, 0.15) is 20.0 Å². The lowest BCUT2D eigenvalue weighted by Gasteiger charge is -2.12. The summed E-state index contributed by atoms with van der Waals surface area (Å²) >= 11 is 7.21. The molecule has 2 aromatic carbocycles. The van der Waals surface area contributed by atoms with Gasteiger partial charge >= 0.3 is 0 Å². The van der Waals surface area contributed by atoms with Crippen molar-refractivity contribution in [1.29, 1.82) is 0 Å². The lowest BCUT2D eigenvalue weighted by molar-refractivity contribution is 0.102. The number of thiophene rings is 1. The van der Waals surface area contributed by atoms with Crippen LogP contribution in [0.3, 0.4) is 0 Å². The topological polar surface area (TPSA) is 58.2 Å². The average Bonchev–Trinajstić information content (AvgIpc) is 3.13. The van der Waals surface area contributed by atoms with Gasteiger partial charge in [-0.25, -0.2) is 8.78 Å². The molecule has 0 unspecified atom stereocenters. The molecule has 3 rings (SSSR count). The molecule has 2 amide bonds. The number of nitrogens with one attached hydrogen (secondary N) is 2. The van der Waals surface area contributed by atoms with Crippen molar-refractivity contribution in [2.45, 2.75) is 0 Å². The fourth-order valence-corrected chi connectivity index (χ4v) is 2.97. The van der Waals surface area contributed by atoms with Crippen molar-refractivity contribution >= 4 is 46.1 Å². The molecule has 1 aromatic heterocycles. The number of carbonyl (C=O) groups is 2.